The Bertz CT molecular complexity index is 526. The van der Waals surface area contributed by atoms with E-state index in [2.05, 4.69) is 16.9 Å². The first-order valence-corrected chi connectivity index (χ1v) is 7.30. The number of ketones is 1. The molecule has 0 fully saturated rings. The molecule has 2 aromatic rings. The summed E-state index contributed by atoms with van der Waals surface area (Å²) in [6, 6.07) is 9.62. The molecular weight excluding hydrogens is 256 g/mol. The van der Waals surface area contributed by atoms with Crippen molar-refractivity contribution in [3.05, 3.63) is 53.9 Å². The van der Waals surface area contributed by atoms with Gasteiger partial charge in [-0.05, 0) is 18.1 Å². The standard InChI is InChI=1S/C15H16N2OS/c1-2-4-12-5-7-13(8-6-12)14(18)11-19-15-16-9-3-10-17-15/h3,5-10H,2,4,11H2,1H3. The van der Waals surface area contributed by atoms with Crippen LogP contribution in [0.3, 0.4) is 0 Å². The van der Waals surface area contributed by atoms with Crippen LogP contribution in [0.4, 0.5) is 0 Å². The number of hydrogen-bond donors (Lipinski definition) is 0. The quantitative estimate of drug-likeness (QED) is 0.459. The fraction of sp³-hybridized carbons (Fsp3) is 0.267. The minimum absolute atomic E-state index is 0.112. The van der Waals surface area contributed by atoms with Crippen molar-refractivity contribution in [2.24, 2.45) is 0 Å². The van der Waals surface area contributed by atoms with Gasteiger partial charge >= 0.3 is 0 Å². The van der Waals surface area contributed by atoms with E-state index in [1.165, 1.54) is 17.3 Å². The summed E-state index contributed by atoms with van der Waals surface area (Å²) in [6.07, 6.45) is 5.54. The Kier molecular flexibility index (Phi) is 5.10. The Morgan fingerprint density at radius 3 is 2.47 bits per heavy atom. The lowest BCUT2D eigenvalue weighted by Crippen LogP contribution is -2.03. The molecule has 0 bridgehead atoms. The van der Waals surface area contributed by atoms with Crippen molar-refractivity contribution in [3.8, 4) is 0 Å². The normalized spacial score (nSPS) is 10.4. The molecule has 1 aromatic heterocycles. The highest BCUT2D eigenvalue weighted by atomic mass is 32.2. The molecular formula is C15H16N2OS. The maximum Gasteiger partial charge on any atom is 0.187 e. The number of hydrogen-bond acceptors (Lipinski definition) is 4. The molecule has 0 aliphatic rings. The van der Waals surface area contributed by atoms with Crippen molar-refractivity contribution < 1.29 is 4.79 Å². The number of thioether (sulfide) groups is 1. The third-order valence-corrected chi connectivity index (χ3v) is 3.56. The SMILES string of the molecule is CCCc1ccc(C(=O)CSc2ncccn2)cc1. The van der Waals surface area contributed by atoms with Gasteiger partial charge in [-0.2, -0.15) is 0 Å². The molecule has 1 heterocycles. The Morgan fingerprint density at radius 1 is 1.16 bits per heavy atom. The number of nitrogens with zero attached hydrogens (tertiary/aromatic N) is 2. The molecule has 0 unspecified atom stereocenters. The van der Waals surface area contributed by atoms with Crippen molar-refractivity contribution in [1.82, 2.24) is 9.97 Å². The summed E-state index contributed by atoms with van der Waals surface area (Å²) in [4.78, 5) is 20.2. The molecule has 2 rings (SSSR count). The van der Waals surface area contributed by atoms with Gasteiger partial charge in [0.1, 0.15) is 0 Å². The highest BCUT2D eigenvalue weighted by Crippen LogP contribution is 2.14. The summed E-state index contributed by atoms with van der Waals surface area (Å²) in [5, 5.41) is 0.637. The van der Waals surface area contributed by atoms with Crippen molar-refractivity contribution in [3.63, 3.8) is 0 Å². The molecule has 1 aromatic carbocycles. The van der Waals surface area contributed by atoms with E-state index in [4.69, 9.17) is 0 Å². The summed E-state index contributed by atoms with van der Waals surface area (Å²) in [5.74, 6) is 0.484. The average molecular weight is 272 g/mol. The van der Waals surface area contributed by atoms with Crippen molar-refractivity contribution in [2.75, 3.05) is 5.75 Å². The summed E-state index contributed by atoms with van der Waals surface area (Å²) >= 11 is 1.37. The molecule has 0 amide bonds. The van der Waals surface area contributed by atoms with E-state index in [-0.39, 0.29) is 5.78 Å². The van der Waals surface area contributed by atoms with Gasteiger partial charge < -0.3 is 0 Å². The zero-order chi connectivity index (χ0) is 13.5. The van der Waals surface area contributed by atoms with Crippen LogP contribution in [-0.4, -0.2) is 21.5 Å². The van der Waals surface area contributed by atoms with Gasteiger partial charge in [0.15, 0.2) is 10.9 Å². The number of Topliss-reactive ketones (excluding diaryl/α,β-unsaturated/α-hetero) is 1. The number of carbonyl (C=O) groups excluding carboxylic acids is 1. The largest absolute Gasteiger partial charge is 0.293 e. The summed E-state index contributed by atoms with van der Waals surface area (Å²) in [7, 11) is 0. The van der Waals surface area contributed by atoms with E-state index in [0.717, 1.165) is 18.4 Å². The first kappa shape index (κ1) is 13.7. The number of aromatic nitrogens is 2. The monoisotopic (exact) mass is 272 g/mol. The van der Waals surface area contributed by atoms with E-state index in [0.29, 0.717) is 10.9 Å². The van der Waals surface area contributed by atoms with Gasteiger partial charge in [-0.25, -0.2) is 9.97 Å². The highest BCUT2D eigenvalue weighted by Gasteiger charge is 2.07. The number of rotatable bonds is 6. The Hall–Kier alpha value is -1.68. The zero-order valence-corrected chi connectivity index (χ0v) is 11.7. The predicted molar refractivity (Wildman–Crippen MR) is 77.5 cm³/mol. The zero-order valence-electron chi connectivity index (χ0n) is 10.9. The maximum absolute atomic E-state index is 12.0. The van der Waals surface area contributed by atoms with Gasteiger partial charge in [0.2, 0.25) is 0 Å². The van der Waals surface area contributed by atoms with Crippen LogP contribution in [-0.2, 0) is 6.42 Å². The second-order valence-electron chi connectivity index (χ2n) is 4.19. The van der Waals surface area contributed by atoms with Gasteiger partial charge in [-0.3, -0.25) is 4.79 Å². The van der Waals surface area contributed by atoms with Crippen LogP contribution in [0.5, 0.6) is 0 Å². The lowest BCUT2D eigenvalue weighted by Gasteiger charge is -2.02. The van der Waals surface area contributed by atoms with E-state index in [9.17, 15) is 4.79 Å². The van der Waals surface area contributed by atoms with Crippen molar-refractivity contribution in [2.45, 2.75) is 24.9 Å². The van der Waals surface area contributed by atoms with E-state index >= 15 is 0 Å². The van der Waals surface area contributed by atoms with Crippen LogP contribution in [0.15, 0.2) is 47.9 Å². The number of aryl methyl sites for hydroxylation is 1. The van der Waals surface area contributed by atoms with Crippen LogP contribution in [0.1, 0.15) is 29.3 Å². The molecule has 0 atom stereocenters. The van der Waals surface area contributed by atoms with E-state index < -0.39 is 0 Å². The van der Waals surface area contributed by atoms with Gasteiger partial charge in [-0.1, -0.05) is 49.4 Å². The third kappa shape index (κ3) is 4.17. The molecule has 19 heavy (non-hydrogen) atoms. The van der Waals surface area contributed by atoms with Gasteiger partial charge in [0.25, 0.3) is 0 Å². The summed E-state index contributed by atoms with van der Waals surface area (Å²) < 4.78 is 0. The topological polar surface area (TPSA) is 42.9 Å². The van der Waals surface area contributed by atoms with Crippen LogP contribution in [0.25, 0.3) is 0 Å². The lowest BCUT2D eigenvalue weighted by atomic mass is 10.1. The number of benzene rings is 1. The van der Waals surface area contributed by atoms with Gasteiger partial charge in [0, 0.05) is 18.0 Å². The molecule has 4 heteroatoms. The minimum atomic E-state index is 0.112. The van der Waals surface area contributed by atoms with Gasteiger partial charge in [0.05, 0.1) is 5.75 Å². The minimum Gasteiger partial charge on any atom is -0.293 e. The fourth-order valence-corrected chi connectivity index (χ4v) is 2.42. The number of carbonyl (C=O) groups is 1. The van der Waals surface area contributed by atoms with Crippen molar-refractivity contribution in [1.29, 1.82) is 0 Å². The molecule has 0 spiro atoms. The predicted octanol–water partition coefficient (Wildman–Crippen LogP) is 3.40. The summed E-state index contributed by atoms with van der Waals surface area (Å²) in [6.45, 7) is 2.15. The van der Waals surface area contributed by atoms with Gasteiger partial charge in [-0.15, -0.1) is 0 Å². The molecule has 0 saturated heterocycles. The Morgan fingerprint density at radius 2 is 1.84 bits per heavy atom. The molecule has 0 aliphatic carbocycles. The first-order valence-electron chi connectivity index (χ1n) is 6.31. The average Bonchev–Trinajstić information content (AvgIpc) is 2.47. The van der Waals surface area contributed by atoms with Crippen LogP contribution in [0, 0.1) is 0 Å². The Balaban J connectivity index is 1.92. The smallest absolute Gasteiger partial charge is 0.187 e. The second kappa shape index (κ2) is 7.04. The summed E-state index contributed by atoms with van der Waals surface area (Å²) in [5.41, 5.74) is 2.03. The molecule has 0 N–H and O–H groups in total. The molecule has 0 saturated carbocycles. The maximum atomic E-state index is 12.0. The van der Waals surface area contributed by atoms with Crippen LogP contribution < -0.4 is 0 Å². The Labute approximate surface area is 117 Å². The molecule has 0 radical (unpaired) electrons. The second-order valence-corrected chi connectivity index (χ2v) is 5.13. The van der Waals surface area contributed by atoms with Crippen molar-refractivity contribution >= 4 is 17.5 Å². The molecule has 98 valence electrons. The lowest BCUT2D eigenvalue weighted by molar-refractivity contribution is 0.102. The fourth-order valence-electron chi connectivity index (χ4n) is 1.72. The molecule has 3 nitrogen and oxygen atoms in total. The molecule has 0 aliphatic heterocycles. The third-order valence-electron chi connectivity index (χ3n) is 2.69. The highest BCUT2D eigenvalue weighted by molar-refractivity contribution is 7.99. The van der Waals surface area contributed by atoms with E-state index in [1.807, 2.05) is 24.3 Å². The van der Waals surface area contributed by atoms with Crippen LogP contribution >= 0.6 is 11.8 Å². The van der Waals surface area contributed by atoms with Crippen LogP contribution in [0.2, 0.25) is 0 Å². The first-order chi connectivity index (χ1) is 9.29. The van der Waals surface area contributed by atoms with E-state index in [1.54, 1.807) is 18.5 Å².